The molecule has 6 nitrogen and oxygen atoms in total. The minimum absolute atomic E-state index is 0.0817. The molecule has 2 aromatic carbocycles. The van der Waals surface area contributed by atoms with Gasteiger partial charge in [0.15, 0.2) is 20.6 Å². The number of hydrogen-bond acceptors (Lipinski definition) is 6. The van der Waals surface area contributed by atoms with Crippen LogP contribution in [0.4, 0.5) is 0 Å². The zero-order valence-corrected chi connectivity index (χ0v) is 17.4. The van der Waals surface area contributed by atoms with Gasteiger partial charge in [0.25, 0.3) is 0 Å². The van der Waals surface area contributed by atoms with Crippen molar-refractivity contribution in [3.63, 3.8) is 0 Å². The lowest BCUT2D eigenvalue weighted by Gasteiger charge is -2.27. The number of nitriles is 1. The minimum atomic E-state index is -1.65. The van der Waals surface area contributed by atoms with E-state index in [2.05, 4.69) is 0 Å². The Morgan fingerprint density at radius 2 is 1.96 bits per heavy atom. The molecule has 4 atom stereocenters. The first-order valence-corrected chi connectivity index (χ1v) is 11.2. The van der Waals surface area contributed by atoms with Crippen LogP contribution in [0, 0.1) is 18.3 Å². The molecule has 1 aliphatic heterocycles. The van der Waals surface area contributed by atoms with Crippen molar-refractivity contribution in [3.05, 3.63) is 58.6 Å². The lowest BCUT2D eigenvalue weighted by atomic mass is 10.1. The van der Waals surface area contributed by atoms with Gasteiger partial charge in [-0.25, -0.2) is 0 Å². The zero-order chi connectivity index (χ0) is 20.5. The van der Waals surface area contributed by atoms with Crippen LogP contribution in [0.3, 0.4) is 0 Å². The standard InChI is InChI=1S/C19H19ClN2O4S2/c1-13-8-14(9-21)2-7-17(13)28(26)22-10-18(19(24,11-22)12-23)27(25)16-5-3-15(20)4-6-16/h2-8,18,23-24H,10-12H2,1H3/t18-,19?,27?,28?/m0/s1. The van der Waals surface area contributed by atoms with Crippen molar-refractivity contribution in [2.75, 3.05) is 19.7 Å². The Kier molecular flexibility index (Phi) is 6.59. The normalized spacial score (nSPS) is 24.7. The molecule has 3 unspecified atom stereocenters. The monoisotopic (exact) mass is 438 g/mol. The Bertz CT molecular complexity index is 892. The van der Waals surface area contributed by atoms with Gasteiger partial charge in [0.1, 0.15) is 0 Å². The Balaban J connectivity index is 1.85. The summed E-state index contributed by atoms with van der Waals surface area (Å²) in [6, 6.07) is 13.3. The van der Waals surface area contributed by atoms with E-state index in [1.165, 1.54) is 4.31 Å². The molecule has 0 saturated carbocycles. The molecule has 28 heavy (non-hydrogen) atoms. The van der Waals surface area contributed by atoms with Crippen molar-refractivity contribution in [1.29, 1.82) is 5.26 Å². The number of β-amino-alcohol motifs (C(OH)–C–C–N with tert-alkyl or cyclic N) is 1. The van der Waals surface area contributed by atoms with Gasteiger partial charge in [-0.3, -0.25) is 0 Å². The second-order valence-electron chi connectivity index (χ2n) is 6.67. The number of aliphatic hydroxyl groups excluding tert-OH is 1. The van der Waals surface area contributed by atoms with E-state index in [1.807, 2.05) is 6.07 Å². The van der Waals surface area contributed by atoms with Crippen molar-refractivity contribution >= 4 is 34.1 Å². The molecule has 2 aromatic rings. The first-order chi connectivity index (χ1) is 13.3. The fraction of sp³-hybridized carbons (Fsp3) is 0.316. The van der Waals surface area contributed by atoms with Crippen LogP contribution in [0.1, 0.15) is 11.1 Å². The maximum atomic E-state index is 13.1. The number of benzene rings is 2. The quantitative estimate of drug-likeness (QED) is 0.687. The Morgan fingerprint density at radius 3 is 2.54 bits per heavy atom. The fourth-order valence-electron chi connectivity index (χ4n) is 3.16. The second-order valence-corrected chi connectivity index (χ2v) is 10.2. The van der Waals surface area contributed by atoms with E-state index in [9.17, 15) is 19.3 Å². The van der Waals surface area contributed by atoms with E-state index in [4.69, 9.17) is 16.9 Å². The maximum absolute atomic E-state index is 13.1. The van der Waals surface area contributed by atoms with Gasteiger partial charge in [-0.05, 0) is 60.6 Å². The molecule has 0 aromatic heterocycles. The molecule has 1 fully saturated rings. The van der Waals surface area contributed by atoms with Crippen molar-refractivity contribution in [3.8, 4) is 6.07 Å². The van der Waals surface area contributed by atoms with Crippen LogP contribution in [-0.2, 0) is 22.5 Å². The highest BCUT2D eigenvalue weighted by molar-refractivity contribution is 7.92. The largest absolute Gasteiger partial charge is 0.611 e. The molecule has 0 amide bonds. The summed E-state index contributed by atoms with van der Waals surface area (Å²) >= 11 is 2.61. The summed E-state index contributed by atoms with van der Waals surface area (Å²) < 4.78 is 27.6. The van der Waals surface area contributed by atoms with Gasteiger partial charge in [-0.1, -0.05) is 11.6 Å². The highest BCUT2D eigenvalue weighted by Gasteiger charge is 2.56. The van der Waals surface area contributed by atoms with Gasteiger partial charge in [0, 0.05) is 10.6 Å². The van der Waals surface area contributed by atoms with Crippen LogP contribution in [0.2, 0.25) is 5.02 Å². The van der Waals surface area contributed by atoms with Crippen molar-refractivity contribution in [2.24, 2.45) is 0 Å². The summed E-state index contributed by atoms with van der Waals surface area (Å²) in [7, 11) is 0. The molecule has 3 rings (SSSR count). The van der Waals surface area contributed by atoms with Gasteiger partial charge >= 0.3 is 0 Å². The summed E-state index contributed by atoms with van der Waals surface area (Å²) in [5.41, 5.74) is -0.499. The summed E-state index contributed by atoms with van der Waals surface area (Å²) in [5.74, 6) is 0. The molecule has 0 aliphatic carbocycles. The molecule has 1 heterocycles. The summed E-state index contributed by atoms with van der Waals surface area (Å²) in [5, 5.41) is 29.3. The Morgan fingerprint density at radius 1 is 1.29 bits per heavy atom. The molecule has 0 bridgehead atoms. The van der Waals surface area contributed by atoms with Gasteiger partial charge in [0.05, 0.1) is 42.7 Å². The highest BCUT2D eigenvalue weighted by Crippen LogP contribution is 2.35. The van der Waals surface area contributed by atoms with Crippen LogP contribution in [0.25, 0.3) is 0 Å². The van der Waals surface area contributed by atoms with Crippen LogP contribution < -0.4 is 0 Å². The minimum Gasteiger partial charge on any atom is -0.611 e. The number of aliphatic hydroxyl groups is 2. The van der Waals surface area contributed by atoms with Crippen LogP contribution in [-0.4, -0.2) is 54.2 Å². The topological polar surface area (TPSA) is 114 Å². The Hall–Kier alpha value is -1.28. The number of rotatable bonds is 5. The molecule has 0 spiro atoms. The predicted octanol–water partition coefficient (Wildman–Crippen LogP) is 1.76. The molecule has 0 radical (unpaired) electrons. The van der Waals surface area contributed by atoms with Gasteiger partial charge in [-0.15, -0.1) is 4.31 Å². The predicted molar refractivity (Wildman–Crippen MR) is 108 cm³/mol. The van der Waals surface area contributed by atoms with E-state index in [0.717, 1.165) is 0 Å². The number of nitrogens with zero attached hydrogens (tertiary/aromatic N) is 2. The number of halogens is 1. The second kappa shape index (κ2) is 8.61. The SMILES string of the molecule is Cc1cc(C#N)ccc1[S+]([O-])N1C[C@H]([S+]([O-])c2ccc(Cl)cc2)C(O)(CO)C1. The van der Waals surface area contributed by atoms with Crippen LogP contribution in [0.5, 0.6) is 0 Å². The molecular weight excluding hydrogens is 420 g/mol. The number of aryl methyl sites for hydroxylation is 1. The van der Waals surface area contributed by atoms with Crippen molar-refractivity contribution in [1.82, 2.24) is 4.31 Å². The van der Waals surface area contributed by atoms with Crippen molar-refractivity contribution in [2.45, 2.75) is 27.6 Å². The van der Waals surface area contributed by atoms with E-state index in [-0.39, 0.29) is 13.1 Å². The molecule has 1 aliphatic rings. The Labute approximate surface area is 174 Å². The first-order valence-electron chi connectivity index (χ1n) is 8.46. The van der Waals surface area contributed by atoms with Crippen LogP contribution in [0.15, 0.2) is 52.3 Å². The average molecular weight is 439 g/mol. The van der Waals surface area contributed by atoms with Gasteiger partial charge < -0.3 is 19.3 Å². The third-order valence-corrected chi connectivity index (χ3v) is 8.40. The summed E-state index contributed by atoms with van der Waals surface area (Å²) in [6.45, 7) is 1.15. The van der Waals surface area contributed by atoms with E-state index in [1.54, 1.807) is 49.4 Å². The van der Waals surface area contributed by atoms with E-state index in [0.29, 0.717) is 25.9 Å². The smallest absolute Gasteiger partial charge is 0.177 e. The fourth-order valence-corrected chi connectivity index (χ4v) is 6.40. The van der Waals surface area contributed by atoms with Crippen molar-refractivity contribution < 1.29 is 19.3 Å². The lowest BCUT2D eigenvalue weighted by Crippen LogP contribution is -2.49. The summed E-state index contributed by atoms with van der Waals surface area (Å²) in [4.78, 5) is 0.987. The van der Waals surface area contributed by atoms with Gasteiger partial charge in [-0.2, -0.15) is 5.26 Å². The third kappa shape index (κ3) is 4.17. The third-order valence-electron chi connectivity index (χ3n) is 4.72. The molecular formula is C19H19ClN2O4S2. The molecule has 9 heteroatoms. The molecule has 148 valence electrons. The highest BCUT2D eigenvalue weighted by atomic mass is 35.5. The number of hydrogen-bond donors (Lipinski definition) is 2. The van der Waals surface area contributed by atoms with Gasteiger partial charge in [0.2, 0.25) is 0 Å². The molecule has 1 saturated heterocycles. The van der Waals surface area contributed by atoms with E-state index >= 15 is 0 Å². The zero-order valence-electron chi connectivity index (χ0n) is 15.0. The molecule has 2 N–H and O–H groups in total. The maximum Gasteiger partial charge on any atom is 0.177 e. The van der Waals surface area contributed by atoms with E-state index < -0.39 is 40.0 Å². The summed E-state index contributed by atoms with van der Waals surface area (Å²) in [6.07, 6.45) is 0. The first kappa shape index (κ1) is 21.4. The average Bonchev–Trinajstić information content (AvgIpc) is 3.05. The van der Waals surface area contributed by atoms with Crippen LogP contribution >= 0.6 is 11.6 Å². The lowest BCUT2D eigenvalue weighted by molar-refractivity contribution is 0.00159.